The maximum absolute atomic E-state index is 12.4. The molecule has 0 aromatic heterocycles. The van der Waals surface area contributed by atoms with Gasteiger partial charge < -0.3 is 10.1 Å². The van der Waals surface area contributed by atoms with Crippen molar-refractivity contribution in [1.82, 2.24) is 9.62 Å². The second-order valence-corrected chi connectivity index (χ2v) is 10.4. The van der Waals surface area contributed by atoms with Crippen molar-refractivity contribution in [2.24, 2.45) is 0 Å². The van der Waals surface area contributed by atoms with Crippen LogP contribution in [0.1, 0.15) is 10.4 Å². The van der Waals surface area contributed by atoms with Crippen molar-refractivity contribution in [3.8, 4) is 0 Å². The van der Waals surface area contributed by atoms with Crippen molar-refractivity contribution in [2.45, 2.75) is 4.90 Å². The molecule has 0 aliphatic carbocycles. The lowest BCUT2D eigenvalue weighted by atomic mass is 10.2. The number of nitrogens with one attached hydrogen (secondary N) is 2. The van der Waals surface area contributed by atoms with Crippen LogP contribution < -0.4 is 10.0 Å². The van der Waals surface area contributed by atoms with Crippen LogP contribution in [0, 0.1) is 0 Å². The first-order valence-corrected chi connectivity index (χ1v) is 12.4. The molecule has 0 spiro atoms. The Hall–Kier alpha value is -2.47. The first-order valence-electron chi connectivity index (χ1n) is 9.30. The van der Waals surface area contributed by atoms with Crippen LogP contribution in [-0.4, -0.2) is 65.6 Å². The standard InChI is InChI=1S/C19H23N3O6S2/c23-19(20-10-15-29(24,25)22-11-13-28-14-12-22)16-6-8-18(9-7-16)30(26,27)21-17-4-2-1-3-5-17/h1-9,21H,10-15H2,(H,20,23). The summed E-state index contributed by atoms with van der Waals surface area (Å²) in [5.41, 5.74) is 0.665. The Labute approximate surface area is 176 Å². The molecule has 2 N–H and O–H groups in total. The number of rotatable bonds is 8. The van der Waals surface area contributed by atoms with Crippen LogP contribution in [-0.2, 0) is 24.8 Å². The number of benzene rings is 2. The van der Waals surface area contributed by atoms with Gasteiger partial charge in [0, 0.05) is 30.9 Å². The molecule has 1 aliphatic rings. The van der Waals surface area contributed by atoms with E-state index in [0.29, 0.717) is 32.0 Å². The molecular weight excluding hydrogens is 430 g/mol. The highest BCUT2D eigenvalue weighted by Crippen LogP contribution is 2.16. The average molecular weight is 454 g/mol. The summed E-state index contributed by atoms with van der Waals surface area (Å²) in [6.07, 6.45) is 0. The van der Waals surface area contributed by atoms with E-state index in [1.807, 2.05) is 0 Å². The van der Waals surface area contributed by atoms with E-state index >= 15 is 0 Å². The largest absolute Gasteiger partial charge is 0.379 e. The average Bonchev–Trinajstić information content (AvgIpc) is 2.75. The normalized spacial score (nSPS) is 15.5. The highest BCUT2D eigenvalue weighted by molar-refractivity contribution is 7.92. The van der Waals surface area contributed by atoms with Crippen LogP contribution in [0.15, 0.2) is 59.5 Å². The number of carbonyl (C=O) groups excluding carboxylic acids is 1. The smallest absolute Gasteiger partial charge is 0.261 e. The molecule has 3 rings (SSSR count). The van der Waals surface area contributed by atoms with Gasteiger partial charge in [-0.2, -0.15) is 4.31 Å². The Kier molecular flexibility index (Phi) is 7.08. The van der Waals surface area contributed by atoms with Crippen molar-refractivity contribution in [3.05, 3.63) is 60.2 Å². The van der Waals surface area contributed by atoms with Crippen LogP contribution in [0.2, 0.25) is 0 Å². The maximum atomic E-state index is 12.4. The van der Waals surface area contributed by atoms with Gasteiger partial charge in [0.15, 0.2) is 0 Å². The molecular formula is C19H23N3O6S2. The summed E-state index contributed by atoms with van der Waals surface area (Å²) >= 11 is 0. The summed E-state index contributed by atoms with van der Waals surface area (Å²) in [5, 5.41) is 2.55. The number of para-hydroxylation sites is 1. The van der Waals surface area contributed by atoms with Crippen LogP contribution in [0.5, 0.6) is 0 Å². The third-order valence-electron chi connectivity index (χ3n) is 4.46. The van der Waals surface area contributed by atoms with Crippen molar-refractivity contribution in [1.29, 1.82) is 0 Å². The van der Waals surface area contributed by atoms with Crippen molar-refractivity contribution in [3.63, 3.8) is 0 Å². The van der Waals surface area contributed by atoms with Crippen LogP contribution in [0.25, 0.3) is 0 Å². The first kappa shape index (κ1) is 22.2. The SMILES string of the molecule is O=C(NCCS(=O)(=O)N1CCOCC1)c1ccc(S(=O)(=O)Nc2ccccc2)cc1. The molecule has 0 atom stereocenters. The van der Waals surface area contributed by atoms with Crippen LogP contribution in [0.4, 0.5) is 5.69 Å². The van der Waals surface area contributed by atoms with Gasteiger partial charge in [0.05, 0.1) is 23.9 Å². The minimum atomic E-state index is -3.78. The lowest BCUT2D eigenvalue weighted by Crippen LogP contribution is -2.43. The minimum absolute atomic E-state index is 0.0119. The zero-order chi connectivity index (χ0) is 21.6. The van der Waals surface area contributed by atoms with Gasteiger partial charge in [-0.25, -0.2) is 16.8 Å². The van der Waals surface area contributed by atoms with E-state index in [0.717, 1.165) is 0 Å². The fourth-order valence-electron chi connectivity index (χ4n) is 2.86. The molecule has 0 unspecified atom stereocenters. The summed E-state index contributed by atoms with van der Waals surface area (Å²) < 4.78 is 58.3. The van der Waals surface area contributed by atoms with Gasteiger partial charge in [0.2, 0.25) is 10.0 Å². The quantitative estimate of drug-likeness (QED) is 0.612. The maximum Gasteiger partial charge on any atom is 0.261 e. The topological polar surface area (TPSA) is 122 Å². The fourth-order valence-corrected chi connectivity index (χ4v) is 5.24. The Morgan fingerprint density at radius 3 is 2.20 bits per heavy atom. The third-order valence-corrected chi connectivity index (χ3v) is 7.73. The molecule has 1 fully saturated rings. The van der Waals surface area contributed by atoms with E-state index in [4.69, 9.17) is 4.74 Å². The van der Waals surface area contributed by atoms with Gasteiger partial charge in [-0.05, 0) is 36.4 Å². The third kappa shape index (κ3) is 5.79. The van der Waals surface area contributed by atoms with Gasteiger partial charge >= 0.3 is 0 Å². The lowest BCUT2D eigenvalue weighted by molar-refractivity contribution is 0.0730. The van der Waals surface area contributed by atoms with E-state index in [-0.39, 0.29) is 22.8 Å². The molecule has 2 aromatic carbocycles. The molecule has 0 saturated carbocycles. The molecule has 1 heterocycles. The van der Waals surface area contributed by atoms with Gasteiger partial charge in [-0.1, -0.05) is 18.2 Å². The van der Waals surface area contributed by atoms with Gasteiger partial charge in [-0.15, -0.1) is 0 Å². The lowest BCUT2D eigenvalue weighted by Gasteiger charge is -2.26. The zero-order valence-corrected chi connectivity index (χ0v) is 17.8. The first-order chi connectivity index (χ1) is 14.3. The van der Waals surface area contributed by atoms with Crippen molar-refractivity contribution in [2.75, 3.05) is 43.3 Å². The Bertz CT molecular complexity index is 1070. The zero-order valence-electron chi connectivity index (χ0n) is 16.2. The second-order valence-electron chi connectivity index (χ2n) is 6.58. The monoisotopic (exact) mass is 453 g/mol. The predicted octanol–water partition coefficient (Wildman–Crippen LogP) is 0.879. The number of amides is 1. The number of hydrogen-bond donors (Lipinski definition) is 2. The molecule has 162 valence electrons. The summed E-state index contributed by atoms with van der Waals surface area (Å²) in [6, 6.07) is 13.9. The molecule has 1 saturated heterocycles. The highest BCUT2D eigenvalue weighted by atomic mass is 32.2. The molecule has 9 nitrogen and oxygen atoms in total. The molecule has 11 heteroatoms. The molecule has 1 aliphatic heterocycles. The highest BCUT2D eigenvalue weighted by Gasteiger charge is 2.24. The van der Waals surface area contributed by atoms with E-state index in [1.165, 1.54) is 28.6 Å². The Balaban J connectivity index is 1.56. The van der Waals surface area contributed by atoms with Crippen LogP contribution >= 0.6 is 0 Å². The van der Waals surface area contributed by atoms with Crippen molar-refractivity contribution >= 4 is 31.6 Å². The Morgan fingerprint density at radius 2 is 1.57 bits per heavy atom. The number of morpholine rings is 1. The number of carbonyl (C=O) groups is 1. The van der Waals surface area contributed by atoms with Gasteiger partial charge in [-0.3, -0.25) is 9.52 Å². The van der Waals surface area contributed by atoms with E-state index in [2.05, 4.69) is 10.0 Å². The molecule has 2 aromatic rings. The number of hydrogen-bond acceptors (Lipinski definition) is 6. The summed E-state index contributed by atoms with van der Waals surface area (Å²) in [4.78, 5) is 12.3. The van der Waals surface area contributed by atoms with Gasteiger partial charge in [0.25, 0.3) is 15.9 Å². The summed E-state index contributed by atoms with van der Waals surface area (Å²) in [7, 11) is -7.25. The summed E-state index contributed by atoms with van der Waals surface area (Å²) in [6.45, 7) is 1.29. The molecule has 0 bridgehead atoms. The van der Waals surface area contributed by atoms with Crippen LogP contribution in [0.3, 0.4) is 0 Å². The molecule has 0 radical (unpaired) electrons. The van der Waals surface area contributed by atoms with E-state index < -0.39 is 26.0 Å². The molecule has 30 heavy (non-hydrogen) atoms. The number of nitrogens with zero attached hydrogens (tertiary/aromatic N) is 1. The number of sulfonamides is 2. The molecule has 1 amide bonds. The minimum Gasteiger partial charge on any atom is -0.379 e. The summed E-state index contributed by atoms with van der Waals surface area (Å²) in [5.74, 6) is -0.696. The number of ether oxygens (including phenoxy) is 1. The van der Waals surface area contributed by atoms with Crippen molar-refractivity contribution < 1.29 is 26.4 Å². The predicted molar refractivity (Wildman–Crippen MR) is 112 cm³/mol. The second kappa shape index (κ2) is 9.56. The fraction of sp³-hybridized carbons (Fsp3) is 0.316. The number of anilines is 1. The van der Waals surface area contributed by atoms with Gasteiger partial charge in [0.1, 0.15) is 0 Å². The van der Waals surface area contributed by atoms with E-state index in [9.17, 15) is 21.6 Å². The van der Waals surface area contributed by atoms with E-state index in [1.54, 1.807) is 30.3 Å². The Morgan fingerprint density at radius 1 is 0.933 bits per heavy atom.